The van der Waals surface area contributed by atoms with Crippen LogP contribution >= 0.6 is 23.5 Å². The third-order valence-corrected chi connectivity index (χ3v) is 3.66. The van der Waals surface area contributed by atoms with Crippen molar-refractivity contribution in [1.82, 2.24) is 10.6 Å². The molecule has 0 rings (SSSR count). The fourth-order valence-electron chi connectivity index (χ4n) is 1.24. The molecule has 10 N–H and O–H groups in total. The predicted molar refractivity (Wildman–Crippen MR) is 86.5 cm³/mol. The molecule has 0 bridgehead atoms. The number of amidine groups is 2. The molecule has 118 valence electrons. The molecule has 0 amide bonds. The van der Waals surface area contributed by atoms with Gasteiger partial charge in [-0.25, -0.2) is 0 Å². The van der Waals surface area contributed by atoms with Gasteiger partial charge in [-0.2, -0.15) is 0 Å². The summed E-state index contributed by atoms with van der Waals surface area (Å²) in [5.41, 5.74) is 10.4. The summed E-state index contributed by atoms with van der Waals surface area (Å²) in [7, 11) is 0. The molecule has 0 spiro atoms. The third kappa shape index (κ3) is 12.5. The zero-order valence-electron chi connectivity index (χ0n) is 11.3. The minimum Gasteiger partial charge on any atom is -0.389 e. The maximum Gasteiger partial charge on any atom is 0.151 e. The number of hydrogen-bond acceptors (Lipinski definition) is 8. The van der Waals surface area contributed by atoms with Crippen LogP contribution in [0.5, 0.6) is 0 Å². The summed E-state index contributed by atoms with van der Waals surface area (Å²) in [5, 5.41) is 39.5. The summed E-state index contributed by atoms with van der Waals surface area (Å²) in [4.78, 5) is 0. The van der Waals surface area contributed by atoms with Gasteiger partial charge < -0.3 is 32.3 Å². The zero-order chi connectivity index (χ0) is 15.4. The highest BCUT2D eigenvalue weighted by Crippen LogP contribution is 1.97. The van der Waals surface area contributed by atoms with E-state index in [1.165, 1.54) is 23.5 Å². The summed E-state index contributed by atoms with van der Waals surface area (Å²) in [6.45, 7) is 1.78. The van der Waals surface area contributed by atoms with E-state index in [9.17, 15) is 10.2 Å². The van der Waals surface area contributed by atoms with Crippen LogP contribution < -0.4 is 22.1 Å². The second kappa shape index (κ2) is 12.2. The Hall–Kier alpha value is -0.520. The van der Waals surface area contributed by atoms with Crippen molar-refractivity contribution >= 4 is 33.9 Å². The van der Waals surface area contributed by atoms with Crippen molar-refractivity contribution in [2.75, 3.05) is 37.7 Å². The van der Waals surface area contributed by atoms with Gasteiger partial charge in [0, 0.05) is 37.7 Å². The number of nitrogens with one attached hydrogen (secondary N) is 4. The first-order valence-corrected chi connectivity index (χ1v) is 8.11. The number of nitrogens with two attached hydrogens (primary N) is 2. The van der Waals surface area contributed by atoms with E-state index in [4.69, 9.17) is 22.3 Å². The summed E-state index contributed by atoms with van der Waals surface area (Å²) in [6, 6.07) is 0. The van der Waals surface area contributed by atoms with Gasteiger partial charge in [0.05, 0.1) is 12.2 Å². The molecule has 0 radical (unpaired) electrons. The van der Waals surface area contributed by atoms with Crippen LogP contribution in [-0.2, 0) is 0 Å². The molecule has 0 aromatic carbocycles. The van der Waals surface area contributed by atoms with Crippen molar-refractivity contribution in [2.45, 2.75) is 12.2 Å². The van der Waals surface area contributed by atoms with Crippen molar-refractivity contribution in [2.24, 2.45) is 11.5 Å². The highest BCUT2D eigenvalue weighted by molar-refractivity contribution is 8.13. The van der Waals surface area contributed by atoms with Gasteiger partial charge >= 0.3 is 0 Å². The summed E-state index contributed by atoms with van der Waals surface area (Å²) in [6.07, 6.45) is -1.71. The lowest BCUT2D eigenvalue weighted by Crippen LogP contribution is -2.43. The molecule has 0 heterocycles. The van der Waals surface area contributed by atoms with Gasteiger partial charge in [-0.1, -0.05) is 23.5 Å². The molecule has 0 saturated heterocycles. The van der Waals surface area contributed by atoms with Gasteiger partial charge in [0.15, 0.2) is 10.3 Å². The fourth-order valence-corrected chi connectivity index (χ4v) is 2.17. The van der Waals surface area contributed by atoms with Crippen LogP contribution in [0, 0.1) is 10.8 Å². The highest BCUT2D eigenvalue weighted by atomic mass is 32.2. The Balaban J connectivity index is 3.48. The quantitative estimate of drug-likeness (QED) is 0.124. The molecule has 8 nitrogen and oxygen atoms in total. The topological polar surface area (TPSA) is 164 Å². The average molecular weight is 324 g/mol. The van der Waals surface area contributed by atoms with Crippen molar-refractivity contribution in [3.63, 3.8) is 0 Å². The number of rotatable bonds is 11. The molecule has 0 aromatic rings. The standard InChI is InChI=1S/C10H24N6O2S2/c11-9(12)19-3-1-15-5-7(17)8(18)6-16-2-4-20-10(13)14/h7-8,15-18H,1-6H2,(H3,11,12)(H3,13,14). The van der Waals surface area contributed by atoms with Gasteiger partial charge in [-0.15, -0.1) is 0 Å². The van der Waals surface area contributed by atoms with Gasteiger partial charge in [0.2, 0.25) is 0 Å². The first-order chi connectivity index (χ1) is 9.43. The molecular weight excluding hydrogens is 300 g/mol. The van der Waals surface area contributed by atoms with E-state index in [1.807, 2.05) is 0 Å². The van der Waals surface area contributed by atoms with Gasteiger partial charge in [-0.3, -0.25) is 10.8 Å². The van der Waals surface area contributed by atoms with Crippen LogP contribution in [0.3, 0.4) is 0 Å². The van der Waals surface area contributed by atoms with E-state index in [2.05, 4.69) is 10.6 Å². The number of hydrogen-bond donors (Lipinski definition) is 8. The summed E-state index contributed by atoms with van der Waals surface area (Å²) < 4.78 is 0. The minimum absolute atomic E-state index is 0.0695. The second-order valence-electron chi connectivity index (χ2n) is 3.97. The molecule has 2 atom stereocenters. The van der Waals surface area contributed by atoms with E-state index in [0.29, 0.717) is 24.6 Å². The monoisotopic (exact) mass is 324 g/mol. The van der Waals surface area contributed by atoms with Crippen LogP contribution in [0.15, 0.2) is 0 Å². The SMILES string of the molecule is N=C(N)SCCNCC(O)C(O)CNCCSC(=N)N. The van der Waals surface area contributed by atoms with Crippen molar-refractivity contribution in [1.29, 1.82) is 10.8 Å². The van der Waals surface area contributed by atoms with Gasteiger partial charge in [0.25, 0.3) is 0 Å². The highest BCUT2D eigenvalue weighted by Gasteiger charge is 2.14. The Morgan fingerprint density at radius 3 is 1.55 bits per heavy atom. The Bertz CT molecular complexity index is 267. The van der Waals surface area contributed by atoms with Crippen molar-refractivity contribution in [3.05, 3.63) is 0 Å². The lowest BCUT2D eigenvalue weighted by Gasteiger charge is -2.18. The van der Waals surface area contributed by atoms with E-state index in [-0.39, 0.29) is 23.4 Å². The Morgan fingerprint density at radius 2 is 1.25 bits per heavy atom. The second-order valence-corrected chi connectivity index (χ2v) is 6.24. The minimum atomic E-state index is -0.856. The van der Waals surface area contributed by atoms with E-state index in [0.717, 1.165) is 0 Å². The van der Waals surface area contributed by atoms with Gasteiger partial charge in [0.1, 0.15) is 0 Å². The van der Waals surface area contributed by atoms with Crippen LogP contribution in [0.2, 0.25) is 0 Å². The average Bonchev–Trinajstić information content (AvgIpc) is 2.36. The summed E-state index contributed by atoms with van der Waals surface area (Å²) in [5.74, 6) is 1.30. The molecule has 0 saturated carbocycles. The molecule has 0 fully saturated rings. The summed E-state index contributed by atoms with van der Waals surface area (Å²) >= 11 is 2.45. The Morgan fingerprint density at radius 1 is 0.900 bits per heavy atom. The van der Waals surface area contributed by atoms with Crippen LogP contribution in [0.25, 0.3) is 0 Å². The lowest BCUT2D eigenvalue weighted by atomic mass is 10.2. The fraction of sp³-hybridized carbons (Fsp3) is 0.800. The maximum absolute atomic E-state index is 9.69. The maximum atomic E-state index is 9.69. The van der Waals surface area contributed by atoms with Crippen molar-refractivity contribution < 1.29 is 10.2 Å². The van der Waals surface area contributed by atoms with Crippen LogP contribution in [0.1, 0.15) is 0 Å². The molecule has 0 aliphatic heterocycles. The molecule has 20 heavy (non-hydrogen) atoms. The number of aliphatic hydroxyl groups is 2. The molecule has 0 aromatic heterocycles. The molecule has 2 unspecified atom stereocenters. The Kier molecular flexibility index (Phi) is 11.9. The largest absolute Gasteiger partial charge is 0.389 e. The normalized spacial score (nSPS) is 13.9. The zero-order valence-corrected chi connectivity index (χ0v) is 12.9. The van der Waals surface area contributed by atoms with E-state index >= 15 is 0 Å². The van der Waals surface area contributed by atoms with E-state index in [1.54, 1.807) is 0 Å². The third-order valence-electron chi connectivity index (χ3n) is 2.22. The molecule has 0 aliphatic rings. The first kappa shape index (κ1) is 19.5. The van der Waals surface area contributed by atoms with E-state index < -0.39 is 12.2 Å². The molecule has 10 heteroatoms. The van der Waals surface area contributed by atoms with Crippen molar-refractivity contribution in [3.8, 4) is 0 Å². The first-order valence-electron chi connectivity index (χ1n) is 6.14. The molecule has 0 aliphatic carbocycles. The molecular formula is C10H24N6O2S2. The number of thioether (sulfide) groups is 2. The smallest absolute Gasteiger partial charge is 0.151 e. The van der Waals surface area contributed by atoms with Crippen LogP contribution in [0.4, 0.5) is 0 Å². The lowest BCUT2D eigenvalue weighted by molar-refractivity contribution is 0.0216. The Labute approximate surface area is 127 Å². The predicted octanol–water partition coefficient (Wildman–Crippen LogP) is -1.86. The van der Waals surface area contributed by atoms with Crippen LogP contribution in [-0.4, -0.2) is 70.4 Å². The van der Waals surface area contributed by atoms with Gasteiger partial charge in [-0.05, 0) is 0 Å². The number of aliphatic hydroxyl groups excluding tert-OH is 2.